The van der Waals surface area contributed by atoms with Crippen LogP contribution in [0.15, 0.2) is 72.8 Å². The first-order valence-corrected chi connectivity index (χ1v) is 9.22. The highest BCUT2D eigenvalue weighted by Crippen LogP contribution is 2.15. The molecule has 0 saturated heterocycles. The quantitative estimate of drug-likeness (QED) is 0.594. The molecule has 5 heteroatoms. The van der Waals surface area contributed by atoms with Gasteiger partial charge in [-0.05, 0) is 66.6 Å². The van der Waals surface area contributed by atoms with Gasteiger partial charge in [0.25, 0.3) is 5.91 Å². The Kier molecular flexibility index (Phi) is 6.76. The van der Waals surface area contributed by atoms with Gasteiger partial charge in [-0.3, -0.25) is 4.79 Å². The van der Waals surface area contributed by atoms with Crippen molar-refractivity contribution in [1.82, 2.24) is 5.32 Å². The van der Waals surface area contributed by atoms with Crippen molar-refractivity contribution in [3.63, 3.8) is 0 Å². The summed E-state index contributed by atoms with van der Waals surface area (Å²) in [6.07, 6.45) is 0. The van der Waals surface area contributed by atoms with Crippen molar-refractivity contribution >= 4 is 11.6 Å². The summed E-state index contributed by atoms with van der Waals surface area (Å²) in [6, 6.07) is 21.1. The summed E-state index contributed by atoms with van der Waals surface area (Å²) in [5.41, 5.74) is 3.32. The third kappa shape index (κ3) is 5.66. The topological polar surface area (TPSA) is 50.4 Å². The third-order valence-corrected chi connectivity index (χ3v) is 4.16. The average Bonchev–Trinajstić information content (AvgIpc) is 2.69. The molecule has 0 aliphatic carbocycles. The Morgan fingerprint density at radius 2 is 1.61 bits per heavy atom. The van der Waals surface area contributed by atoms with Crippen LogP contribution in [0.5, 0.6) is 5.75 Å². The van der Waals surface area contributed by atoms with Crippen LogP contribution < -0.4 is 15.4 Å². The van der Waals surface area contributed by atoms with E-state index in [1.165, 1.54) is 24.3 Å². The molecule has 0 radical (unpaired) electrons. The Balaban J connectivity index is 1.55. The van der Waals surface area contributed by atoms with E-state index in [1.807, 2.05) is 49.4 Å². The largest absolute Gasteiger partial charge is 0.494 e. The van der Waals surface area contributed by atoms with E-state index in [0.29, 0.717) is 30.9 Å². The van der Waals surface area contributed by atoms with Crippen LogP contribution in [0.3, 0.4) is 0 Å². The number of halogens is 1. The molecule has 144 valence electrons. The van der Waals surface area contributed by atoms with E-state index < -0.39 is 0 Å². The number of hydrogen-bond acceptors (Lipinski definition) is 3. The molecule has 3 rings (SSSR count). The van der Waals surface area contributed by atoms with Gasteiger partial charge in [0.2, 0.25) is 0 Å². The molecule has 1 amide bonds. The fourth-order valence-electron chi connectivity index (χ4n) is 2.83. The average molecular weight is 378 g/mol. The molecule has 0 atom stereocenters. The first-order valence-electron chi connectivity index (χ1n) is 9.22. The molecule has 3 aromatic carbocycles. The zero-order chi connectivity index (χ0) is 19.8. The van der Waals surface area contributed by atoms with Crippen molar-refractivity contribution in [3.8, 4) is 5.75 Å². The van der Waals surface area contributed by atoms with Crippen molar-refractivity contribution in [2.75, 3.05) is 11.9 Å². The van der Waals surface area contributed by atoms with E-state index in [4.69, 9.17) is 4.74 Å². The maximum atomic E-state index is 13.0. The molecule has 0 heterocycles. The van der Waals surface area contributed by atoms with Crippen molar-refractivity contribution in [2.45, 2.75) is 20.0 Å². The van der Waals surface area contributed by atoms with E-state index in [1.54, 1.807) is 0 Å². The molecule has 0 bridgehead atoms. The van der Waals surface area contributed by atoms with Crippen molar-refractivity contribution in [1.29, 1.82) is 0 Å². The van der Waals surface area contributed by atoms with E-state index in [0.717, 1.165) is 16.9 Å². The number of benzene rings is 3. The number of carbonyl (C=O) groups excluding carboxylic acids is 1. The van der Waals surface area contributed by atoms with Gasteiger partial charge in [-0.25, -0.2) is 4.39 Å². The van der Waals surface area contributed by atoms with Crippen LogP contribution in [0.25, 0.3) is 0 Å². The van der Waals surface area contributed by atoms with Gasteiger partial charge in [0.15, 0.2) is 0 Å². The minimum absolute atomic E-state index is 0.266. The molecule has 0 aromatic heterocycles. The van der Waals surface area contributed by atoms with Gasteiger partial charge < -0.3 is 15.4 Å². The van der Waals surface area contributed by atoms with Crippen molar-refractivity contribution in [2.24, 2.45) is 0 Å². The molecule has 3 aromatic rings. The highest BCUT2D eigenvalue weighted by atomic mass is 19.1. The zero-order valence-electron chi connectivity index (χ0n) is 15.7. The number of amides is 1. The molecular weight excluding hydrogens is 355 g/mol. The summed E-state index contributed by atoms with van der Waals surface area (Å²) in [4.78, 5) is 12.3. The molecule has 0 spiro atoms. The summed E-state index contributed by atoms with van der Waals surface area (Å²) in [7, 11) is 0. The van der Waals surface area contributed by atoms with Crippen LogP contribution >= 0.6 is 0 Å². The van der Waals surface area contributed by atoms with Gasteiger partial charge in [0.05, 0.1) is 6.61 Å². The second kappa shape index (κ2) is 9.67. The normalized spacial score (nSPS) is 10.5. The van der Waals surface area contributed by atoms with Gasteiger partial charge in [-0.2, -0.15) is 0 Å². The number of carbonyl (C=O) groups is 1. The first kappa shape index (κ1) is 19.6. The Bertz CT molecular complexity index is 926. The lowest BCUT2D eigenvalue weighted by atomic mass is 10.1. The summed E-state index contributed by atoms with van der Waals surface area (Å²) in [5, 5.41) is 6.24. The Morgan fingerprint density at radius 1 is 0.929 bits per heavy atom. The molecule has 0 saturated carbocycles. The van der Waals surface area contributed by atoms with Crippen LogP contribution in [-0.4, -0.2) is 12.5 Å². The second-order valence-corrected chi connectivity index (χ2v) is 6.35. The minimum atomic E-state index is -0.364. The molecule has 0 aliphatic rings. The molecular formula is C23H23FN2O2. The maximum Gasteiger partial charge on any atom is 0.255 e. The molecule has 0 aliphatic heterocycles. The van der Waals surface area contributed by atoms with Gasteiger partial charge >= 0.3 is 0 Å². The van der Waals surface area contributed by atoms with E-state index in [-0.39, 0.29) is 11.7 Å². The summed E-state index contributed by atoms with van der Waals surface area (Å²) < 4.78 is 18.5. The van der Waals surface area contributed by atoms with E-state index in [9.17, 15) is 9.18 Å². The van der Waals surface area contributed by atoms with Crippen LogP contribution in [-0.2, 0) is 13.1 Å². The monoisotopic (exact) mass is 378 g/mol. The molecule has 0 unspecified atom stereocenters. The first-order chi connectivity index (χ1) is 13.6. The lowest BCUT2D eigenvalue weighted by Crippen LogP contribution is -2.14. The van der Waals surface area contributed by atoms with Crippen LogP contribution in [0.1, 0.15) is 28.4 Å². The lowest BCUT2D eigenvalue weighted by Gasteiger charge is -2.10. The van der Waals surface area contributed by atoms with E-state index >= 15 is 0 Å². The van der Waals surface area contributed by atoms with Crippen LogP contribution in [0, 0.1) is 5.82 Å². The summed E-state index contributed by atoms with van der Waals surface area (Å²) in [5.74, 6) is 0.238. The molecule has 0 fully saturated rings. The maximum absolute atomic E-state index is 13.0. The third-order valence-electron chi connectivity index (χ3n) is 4.16. The second-order valence-electron chi connectivity index (χ2n) is 6.35. The van der Waals surface area contributed by atoms with Crippen LogP contribution in [0.2, 0.25) is 0 Å². The fourth-order valence-corrected chi connectivity index (χ4v) is 2.83. The van der Waals surface area contributed by atoms with Crippen molar-refractivity contribution in [3.05, 3.63) is 95.3 Å². The summed E-state index contributed by atoms with van der Waals surface area (Å²) in [6.45, 7) is 3.99. The number of hydrogen-bond donors (Lipinski definition) is 2. The molecule has 2 N–H and O–H groups in total. The molecule has 4 nitrogen and oxygen atoms in total. The number of rotatable bonds is 8. The zero-order valence-corrected chi connectivity index (χ0v) is 15.7. The highest BCUT2D eigenvalue weighted by Gasteiger charge is 2.06. The highest BCUT2D eigenvalue weighted by molar-refractivity contribution is 6.04. The molecule has 28 heavy (non-hydrogen) atoms. The smallest absolute Gasteiger partial charge is 0.255 e. The van der Waals surface area contributed by atoms with Crippen molar-refractivity contribution < 1.29 is 13.9 Å². The standard InChI is InChI=1S/C23H23FN2O2/c1-2-28-22-8-4-6-18(14-22)16-25-15-17-5-3-7-21(13-17)26-23(27)19-9-11-20(24)12-10-19/h3-14,25H,2,15-16H2,1H3,(H,26,27). The van der Waals surface area contributed by atoms with Gasteiger partial charge in [0, 0.05) is 24.3 Å². The Labute approximate surface area is 164 Å². The SMILES string of the molecule is CCOc1cccc(CNCc2cccc(NC(=O)c3ccc(F)cc3)c2)c1. The van der Waals surface area contributed by atoms with Gasteiger partial charge in [-0.1, -0.05) is 24.3 Å². The minimum Gasteiger partial charge on any atom is -0.494 e. The van der Waals surface area contributed by atoms with Crippen LogP contribution in [0.4, 0.5) is 10.1 Å². The predicted molar refractivity (Wildman–Crippen MR) is 109 cm³/mol. The number of ether oxygens (including phenoxy) is 1. The fraction of sp³-hybridized carbons (Fsp3) is 0.174. The predicted octanol–water partition coefficient (Wildman–Crippen LogP) is 4.77. The number of anilines is 1. The van der Waals surface area contributed by atoms with E-state index in [2.05, 4.69) is 16.7 Å². The Hall–Kier alpha value is -3.18. The Morgan fingerprint density at radius 3 is 2.32 bits per heavy atom. The lowest BCUT2D eigenvalue weighted by molar-refractivity contribution is 0.102. The summed E-state index contributed by atoms with van der Waals surface area (Å²) >= 11 is 0. The van der Waals surface area contributed by atoms with Gasteiger partial charge in [0.1, 0.15) is 11.6 Å². The number of nitrogens with one attached hydrogen (secondary N) is 2. The van der Waals surface area contributed by atoms with Gasteiger partial charge in [-0.15, -0.1) is 0 Å².